The van der Waals surface area contributed by atoms with E-state index in [1.54, 1.807) is 0 Å². The summed E-state index contributed by atoms with van der Waals surface area (Å²) in [5, 5.41) is 7.11. The Morgan fingerprint density at radius 2 is 1.41 bits per heavy atom. The fourth-order valence-electron chi connectivity index (χ4n) is 3.16. The minimum atomic E-state index is -2.61. The van der Waals surface area contributed by atoms with E-state index in [0.717, 1.165) is 30.3 Å². The Labute approximate surface area is 181 Å². The summed E-state index contributed by atoms with van der Waals surface area (Å²) in [4.78, 5) is 0. The molecule has 0 unspecified atom stereocenters. The zero-order chi connectivity index (χ0) is 21.0. The highest BCUT2D eigenvalue weighted by atomic mass is 32.1. The Morgan fingerprint density at radius 1 is 0.828 bits per heavy atom. The molecule has 0 aliphatic rings. The van der Waals surface area contributed by atoms with Gasteiger partial charge in [-0.25, -0.2) is 0 Å². The van der Waals surface area contributed by atoms with Gasteiger partial charge < -0.3 is 23.9 Å². The van der Waals surface area contributed by atoms with Crippen LogP contribution < -0.4 is 10.6 Å². The number of aryl methyl sites for hydroxylation is 1. The predicted octanol–water partition coefficient (Wildman–Crippen LogP) is 5.48. The molecular formula is C22H32N2O3SSi. The summed E-state index contributed by atoms with van der Waals surface area (Å²) in [5.74, 6) is 0. The first-order valence-electron chi connectivity index (χ1n) is 10.2. The monoisotopic (exact) mass is 432 g/mol. The Hall–Kier alpha value is -1.77. The molecule has 0 saturated carbocycles. The number of hydrogen-bond acceptors (Lipinski definition) is 4. The molecule has 29 heavy (non-hydrogen) atoms. The van der Waals surface area contributed by atoms with Crippen molar-refractivity contribution in [2.75, 3.05) is 30.5 Å². The third-order valence-electron chi connectivity index (χ3n) is 4.32. The minimum Gasteiger partial charge on any atom is -0.374 e. The number of thiocarbonyl (C=S) groups is 1. The molecule has 0 heterocycles. The summed E-state index contributed by atoms with van der Waals surface area (Å²) in [6, 6.07) is 18.9. The van der Waals surface area contributed by atoms with Crippen LogP contribution in [0.4, 0.5) is 11.4 Å². The molecule has 0 aromatic heterocycles. The second kappa shape index (κ2) is 12.7. The summed E-state index contributed by atoms with van der Waals surface area (Å²) < 4.78 is 17.9. The van der Waals surface area contributed by atoms with Gasteiger partial charge in [0.25, 0.3) is 0 Å². The van der Waals surface area contributed by atoms with Gasteiger partial charge in [-0.3, -0.25) is 0 Å². The Morgan fingerprint density at radius 3 is 2.03 bits per heavy atom. The van der Waals surface area contributed by atoms with Gasteiger partial charge in [-0.2, -0.15) is 0 Å². The number of benzene rings is 2. The minimum absolute atomic E-state index is 0.574. The first kappa shape index (κ1) is 23.5. The van der Waals surface area contributed by atoms with Crippen LogP contribution >= 0.6 is 12.2 Å². The van der Waals surface area contributed by atoms with Crippen LogP contribution in [-0.2, 0) is 19.7 Å². The smallest absolute Gasteiger partial charge is 0.374 e. The van der Waals surface area contributed by atoms with E-state index in [9.17, 15) is 0 Å². The van der Waals surface area contributed by atoms with Gasteiger partial charge in [-0.1, -0.05) is 36.4 Å². The fourth-order valence-corrected chi connectivity index (χ4v) is 6.00. The van der Waals surface area contributed by atoms with Crippen molar-refractivity contribution in [1.82, 2.24) is 0 Å². The molecule has 0 aliphatic carbocycles. The molecule has 0 amide bonds. The van der Waals surface area contributed by atoms with Gasteiger partial charge in [-0.05, 0) is 69.6 Å². The van der Waals surface area contributed by atoms with E-state index < -0.39 is 8.80 Å². The summed E-state index contributed by atoms with van der Waals surface area (Å²) in [6.07, 6.45) is 1.81. The number of anilines is 2. The number of nitrogens with one attached hydrogen (secondary N) is 2. The van der Waals surface area contributed by atoms with Crippen LogP contribution in [0.15, 0.2) is 54.6 Å². The lowest BCUT2D eigenvalue weighted by atomic mass is 10.1. The average Bonchev–Trinajstić information content (AvgIpc) is 2.70. The van der Waals surface area contributed by atoms with E-state index in [2.05, 4.69) is 16.7 Å². The molecule has 0 aliphatic heterocycles. The molecule has 0 fully saturated rings. The van der Waals surface area contributed by atoms with E-state index in [1.165, 1.54) is 5.56 Å². The molecule has 0 radical (unpaired) electrons. The van der Waals surface area contributed by atoms with E-state index in [-0.39, 0.29) is 0 Å². The highest BCUT2D eigenvalue weighted by molar-refractivity contribution is 7.80. The molecule has 2 aromatic carbocycles. The molecule has 0 atom stereocenters. The average molecular weight is 433 g/mol. The maximum absolute atomic E-state index is 5.96. The molecular weight excluding hydrogens is 400 g/mol. The lowest BCUT2D eigenvalue weighted by Gasteiger charge is -2.28. The van der Waals surface area contributed by atoms with Gasteiger partial charge in [0.2, 0.25) is 0 Å². The summed E-state index contributed by atoms with van der Waals surface area (Å²) in [7, 11) is -2.61. The summed E-state index contributed by atoms with van der Waals surface area (Å²) in [5.41, 5.74) is 3.18. The van der Waals surface area contributed by atoms with Crippen LogP contribution in [0.3, 0.4) is 0 Å². The highest BCUT2D eigenvalue weighted by Gasteiger charge is 2.39. The topological polar surface area (TPSA) is 51.8 Å². The molecule has 0 spiro atoms. The second-order valence-electron chi connectivity index (χ2n) is 6.44. The van der Waals surface area contributed by atoms with Crippen molar-refractivity contribution in [2.45, 2.75) is 39.7 Å². The highest BCUT2D eigenvalue weighted by Crippen LogP contribution is 2.23. The quantitative estimate of drug-likeness (QED) is 0.342. The van der Waals surface area contributed by atoms with E-state index in [1.807, 2.05) is 69.3 Å². The van der Waals surface area contributed by atoms with E-state index >= 15 is 0 Å². The first-order valence-corrected chi connectivity index (χ1v) is 12.6. The fraction of sp³-hybridized carbons (Fsp3) is 0.409. The van der Waals surface area contributed by atoms with Gasteiger partial charge in [0.1, 0.15) is 0 Å². The van der Waals surface area contributed by atoms with Crippen LogP contribution in [0.2, 0.25) is 6.04 Å². The Kier molecular flexibility index (Phi) is 10.3. The largest absolute Gasteiger partial charge is 0.500 e. The Balaban J connectivity index is 1.98. The lowest BCUT2D eigenvalue weighted by Crippen LogP contribution is -2.46. The molecule has 2 N–H and O–H groups in total. The third kappa shape index (κ3) is 7.87. The number of hydrogen-bond donors (Lipinski definition) is 2. The van der Waals surface area contributed by atoms with Gasteiger partial charge in [0, 0.05) is 37.2 Å². The van der Waals surface area contributed by atoms with Crippen molar-refractivity contribution in [1.29, 1.82) is 0 Å². The van der Waals surface area contributed by atoms with E-state index in [4.69, 9.17) is 25.5 Å². The Bertz CT molecular complexity index is 729. The van der Waals surface area contributed by atoms with Crippen molar-refractivity contribution in [3.05, 3.63) is 60.2 Å². The summed E-state index contributed by atoms with van der Waals surface area (Å²) >= 11 is 5.48. The van der Waals surface area contributed by atoms with Crippen LogP contribution in [0.25, 0.3) is 0 Å². The van der Waals surface area contributed by atoms with Crippen LogP contribution in [-0.4, -0.2) is 33.7 Å². The molecule has 7 heteroatoms. The SMILES string of the molecule is CCO[Si](CCCc1ccccc1NC(=S)Nc1ccccc1)(OCC)OCC. The van der Waals surface area contributed by atoms with Crippen molar-refractivity contribution in [2.24, 2.45) is 0 Å². The molecule has 0 saturated heterocycles. The summed E-state index contributed by atoms with van der Waals surface area (Å²) in [6.45, 7) is 7.76. The van der Waals surface area contributed by atoms with E-state index in [0.29, 0.717) is 24.9 Å². The zero-order valence-electron chi connectivity index (χ0n) is 17.6. The van der Waals surface area contributed by atoms with Crippen molar-refractivity contribution < 1.29 is 13.3 Å². The van der Waals surface area contributed by atoms with Crippen LogP contribution in [0, 0.1) is 0 Å². The molecule has 0 bridgehead atoms. The first-order chi connectivity index (χ1) is 14.1. The predicted molar refractivity (Wildman–Crippen MR) is 126 cm³/mol. The van der Waals surface area contributed by atoms with Crippen molar-refractivity contribution >= 4 is 37.5 Å². The van der Waals surface area contributed by atoms with Gasteiger partial charge in [-0.15, -0.1) is 0 Å². The van der Waals surface area contributed by atoms with Gasteiger partial charge in [0.15, 0.2) is 5.11 Å². The standard InChI is InChI=1S/C22H32N2O3SSi/c1-4-25-29(26-5-2,27-6-3)18-12-14-19-13-10-11-17-21(19)24-22(28)23-20-15-8-7-9-16-20/h7-11,13,15-17H,4-6,12,14,18H2,1-3H3,(H2,23,24,28). The number of rotatable bonds is 12. The lowest BCUT2D eigenvalue weighted by molar-refractivity contribution is 0.0708. The maximum atomic E-state index is 5.96. The second-order valence-corrected chi connectivity index (χ2v) is 9.58. The van der Waals surface area contributed by atoms with Gasteiger partial charge in [0.05, 0.1) is 0 Å². The molecule has 2 rings (SSSR count). The van der Waals surface area contributed by atoms with Crippen LogP contribution in [0.1, 0.15) is 32.8 Å². The normalized spacial score (nSPS) is 11.3. The zero-order valence-corrected chi connectivity index (χ0v) is 19.4. The third-order valence-corrected chi connectivity index (χ3v) is 7.67. The van der Waals surface area contributed by atoms with Gasteiger partial charge >= 0.3 is 8.80 Å². The maximum Gasteiger partial charge on any atom is 0.500 e. The number of para-hydroxylation sites is 2. The van der Waals surface area contributed by atoms with Crippen molar-refractivity contribution in [3.63, 3.8) is 0 Å². The van der Waals surface area contributed by atoms with Crippen molar-refractivity contribution in [3.8, 4) is 0 Å². The molecule has 2 aromatic rings. The molecule has 5 nitrogen and oxygen atoms in total. The van der Waals surface area contributed by atoms with Crippen LogP contribution in [0.5, 0.6) is 0 Å². The molecule has 158 valence electrons.